The molecule has 0 saturated heterocycles. The zero-order valence-corrected chi connectivity index (χ0v) is 6.52. The highest BCUT2D eigenvalue weighted by atomic mass is 35.5. The van der Waals surface area contributed by atoms with Crippen LogP contribution in [-0.4, -0.2) is 5.84 Å². The van der Waals surface area contributed by atoms with Crippen LogP contribution in [0.5, 0.6) is 0 Å². The minimum atomic E-state index is 0.124. The monoisotopic (exact) mass is 156 g/mol. The highest BCUT2D eigenvalue weighted by Gasteiger charge is 2.16. The van der Waals surface area contributed by atoms with Crippen LogP contribution in [0.1, 0.15) is 6.92 Å². The molecule has 1 aliphatic rings. The average molecular weight is 157 g/mol. The highest BCUT2D eigenvalue weighted by Crippen LogP contribution is 2.25. The van der Waals surface area contributed by atoms with Gasteiger partial charge in [0.05, 0.1) is 0 Å². The number of nitrogens with two attached hydrogens (primary N) is 1. The van der Waals surface area contributed by atoms with E-state index in [4.69, 9.17) is 17.3 Å². The van der Waals surface area contributed by atoms with E-state index in [0.717, 1.165) is 5.57 Å². The Hall–Kier alpha value is -0.760. The topological polar surface area (TPSA) is 38.4 Å². The maximum Gasteiger partial charge on any atom is 0.126 e. The van der Waals surface area contributed by atoms with Crippen molar-refractivity contribution in [3.05, 3.63) is 23.4 Å². The second-order valence-electron chi connectivity index (χ2n) is 2.28. The van der Waals surface area contributed by atoms with E-state index in [1.807, 2.05) is 6.92 Å². The summed E-state index contributed by atoms with van der Waals surface area (Å²) < 4.78 is 0. The van der Waals surface area contributed by atoms with Gasteiger partial charge in [-0.1, -0.05) is 25.1 Å². The largest absolute Gasteiger partial charge is 0.383 e. The summed E-state index contributed by atoms with van der Waals surface area (Å²) in [6.45, 7) is 5.69. The maximum atomic E-state index is 5.76. The number of nitrogens with zero attached hydrogens (tertiary/aromatic N) is 1. The van der Waals surface area contributed by atoms with Crippen LogP contribution in [0.3, 0.4) is 0 Å². The fraction of sp³-hybridized carbons (Fsp3) is 0.286. The Balaban J connectivity index is 2.97. The molecule has 3 heteroatoms. The molecule has 0 bridgehead atoms. The molecule has 0 amide bonds. The molecule has 54 valence electrons. The van der Waals surface area contributed by atoms with Crippen molar-refractivity contribution in [2.45, 2.75) is 6.92 Å². The van der Waals surface area contributed by atoms with Crippen molar-refractivity contribution >= 4 is 17.4 Å². The predicted molar refractivity (Wildman–Crippen MR) is 43.9 cm³/mol. The smallest absolute Gasteiger partial charge is 0.126 e. The standard InChI is InChI=1S/C7H9ClN2/c1-4-5(2)7(9)10-3-6(4)8/h3-4H,2H2,1H3,(H2,9,10). The van der Waals surface area contributed by atoms with Crippen molar-refractivity contribution in [3.8, 4) is 0 Å². The number of amidine groups is 1. The van der Waals surface area contributed by atoms with Gasteiger partial charge in [0.2, 0.25) is 0 Å². The molecule has 0 fully saturated rings. The van der Waals surface area contributed by atoms with Crippen LogP contribution >= 0.6 is 11.6 Å². The number of hydrogen-bond acceptors (Lipinski definition) is 2. The molecule has 0 aliphatic carbocycles. The van der Waals surface area contributed by atoms with Gasteiger partial charge in [-0.05, 0) is 5.57 Å². The molecule has 2 nitrogen and oxygen atoms in total. The first-order valence-corrected chi connectivity index (χ1v) is 3.38. The molecule has 0 aromatic carbocycles. The summed E-state index contributed by atoms with van der Waals surface area (Å²) in [5, 5.41) is 0.694. The van der Waals surface area contributed by atoms with E-state index in [9.17, 15) is 0 Å². The van der Waals surface area contributed by atoms with Crippen LogP contribution in [0.25, 0.3) is 0 Å². The van der Waals surface area contributed by atoms with Crippen LogP contribution in [-0.2, 0) is 0 Å². The zero-order chi connectivity index (χ0) is 7.72. The summed E-state index contributed by atoms with van der Waals surface area (Å²) in [5.41, 5.74) is 6.28. The van der Waals surface area contributed by atoms with E-state index in [0.29, 0.717) is 10.9 Å². The Bertz CT molecular complexity index is 226. The van der Waals surface area contributed by atoms with Gasteiger partial charge in [-0.15, -0.1) is 0 Å². The summed E-state index contributed by atoms with van der Waals surface area (Å²) in [6.07, 6.45) is 1.57. The van der Waals surface area contributed by atoms with Gasteiger partial charge in [-0.25, -0.2) is 4.99 Å². The molecule has 1 rings (SSSR count). The van der Waals surface area contributed by atoms with Crippen LogP contribution < -0.4 is 5.73 Å². The number of hydrogen-bond donors (Lipinski definition) is 1. The molecule has 1 unspecified atom stereocenters. The molecule has 10 heavy (non-hydrogen) atoms. The lowest BCUT2D eigenvalue weighted by atomic mass is 10.0. The number of halogens is 1. The van der Waals surface area contributed by atoms with Crippen LogP contribution in [0, 0.1) is 5.92 Å². The molecular formula is C7H9ClN2. The second-order valence-corrected chi connectivity index (χ2v) is 2.71. The van der Waals surface area contributed by atoms with E-state index in [1.54, 1.807) is 6.20 Å². The molecule has 0 aromatic heterocycles. The van der Waals surface area contributed by atoms with Crippen LogP contribution in [0.2, 0.25) is 0 Å². The van der Waals surface area contributed by atoms with Crippen molar-refractivity contribution in [2.75, 3.05) is 0 Å². The summed E-state index contributed by atoms with van der Waals surface area (Å²) in [7, 11) is 0. The van der Waals surface area contributed by atoms with Gasteiger partial charge in [0.25, 0.3) is 0 Å². The normalized spacial score (nSPS) is 25.8. The van der Waals surface area contributed by atoms with Crippen LogP contribution in [0.15, 0.2) is 28.4 Å². The maximum absolute atomic E-state index is 5.76. The van der Waals surface area contributed by atoms with Crippen molar-refractivity contribution in [1.82, 2.24) is 0 Å². The molecule has 0 aromatic rings. The molecule has 0 radical (unpaired) electrons. The molecule has 0 spiro atoms. The Morgan fingerprint density at radius 3 is 2.90 bits per heavy atom. The summed E-state index contributed by atoms with van der Waals surface area (Å²) in [4.78, 5) is 3.84. The van der Waals surface area contributed by atoms with Crippen LogP contribution in [0.4, 0.5) is 0 Å². The van der Waals surface area contributed by atoms with E-state index >= 15 is 0 Å². The molecule has 1 aliphatic heterocycles. The van der Waals surface area contributed by atoms with E-state index in [-0.39, 0.29) is 5.92 Å². The number of allylic oxidation sites excluding steroid dienone is 1. The van der Waals surface area contributed by atoms with Gasteiger partial charge in [0, 0.05) is 17.2 Å². The van der Waals surface area contributed by atoms with Gasteiger partial charge in [-0.3, -0.25) is 0 Å². The van der Waals surface area contributed by atoms with E-state index < -0.39 is 0 Å². The Morgan fingerprint density at radius 2 is 2.40 bits per heavy atom. The third-order valence-electron chi connectivity index (χ3n) is 1.59. The molecule has 1 heterocycles. The molecule has 2 N–H and O–H groups in total. The lowest BCUT2D eigenvalue weighted by Crippen LogP contribution is -2.21. The summed E-state index contributed by atoms with van der Waals surface area (Å²) >= 11 is 5.76. The molecule has 1 atom stereocenters. The quantitative estimate of drug-likeness (QED) is 0.569. The minimum Gasteiger partial charge on any atom is -0.383 e. The van der Waals surface area contributed by atoms with E-state index in [2.05, 4.69) is 11.6 Å². The number of rotatable bonds is 0. The van der Waals surface area contributed by atoms with Crippen molar-refractivity contribution in [2.24, 2.45) is 16.6 Å². The SMILES string of the molecule is C=C1C(N)=NC=C(Cl)C1C. The molecule has 0 saturated carbocycles. The van der Waals surface area contributed by atoms with Gasteiger partial charge < -0.3 is 5.73 Å². The van der Waals surface area contributed by atoms with Crippen molar-refractivity contribution in [3.63, 3.8) is 0 Å². The Kier molecular flexibility index (Phi) is 1.81. The summed E-state index contributed by atoms with van der Waals surface area (Å²) in [5.74, 6) is 0.607. The lowest BCUT2D eigenvalue weighted by Gasteiger charge is -2.16. The van der Waals surface area contributed by atoms with Crippen molar-refractivity contribution < 1.29 is 0 Å². The van der Waals surface area contributed by atoms with Crippen molar-refractivity contribution in [1.29, 1.82) is 0 Å². The van der Waals surface area contributed by atoms with E-state index in [1.165, 1.54) is 0 Å². The second kappa shape index (κ2) is 2.46. The third-order valence-corrected chi connectivity index (χ3v) is 2.02. The third kappa shape index (κ3) is 1.07. The van der Waals surface area contributed by atoms with Gasteiger partial charge in [0.1, 0.15) is 5.84 Å². The molecular weight excluding hydrogens is 148 g/mol. The zero-order valence-electron chi connectivity index (χ0n) is 5.76. The first-order chi connectivity index (χ1) is 4.63. The predicted octanol–water partition coefficient (Wildman–Crippen LogP) is 1.63. The highest BCUT2D eigenvalue weighted by molar-refractivity contribution is 6.30. The van der Waals surface area contributed by atoms with Gasteiger partial charge in [0.15, 0.2) is 0 Å². The fourth-order valence-corrected chi connectivity index (χ4v) is 0.895. The first-order valence-electron chi connectivity index (χ1n) is 3.01. The summed E-state index contributed by atoms with van der Waals surface area (Å²) in [6, 6.07) is 0. The van der Waals surface area contributed by atoms with Gasteiger partial charge >= 0.3 is 0 Å². The van der Waals surface area contributed by atoms with Gasteiger partial charge in [-0.2, -0.15) is 0 Å². The minimum absolute atomic E-state index is 0.124. The Morgan fingerprint density at radius 1 is 1.80 bits per heavy atom. The Labute approximate surface area is 65.1 Å². The lowest BCUT2D eigenvalue weighted by molar-refractivity contribution is 0.870. The first kappa shape index (κ1) is 7.35. The fourth-order valence-electron chi connectivity index (χ4n) is 0.714. The average Bonchev–Trinajstić information content (AvgIpc) is 1.93. The number of aliphatic imine (C=N–C) groups is 1.